The van der Waals surface area contributed by atoms with Crippen molar-refractivity contribution in [1.82, 2.24) is 14.5 Å². The summed E-state index contributed by atoms with van der Waals surface area (Å²) >= 11 is 0. The predicted molar refractivity (Wildman–Crippen MR) is 92.8 cm³/mol. The van der Waals surface area contributed by atoms with Crippen molar-refractivity contribution in [3.63, 3.8) is 0 Å². The Labute approximate surface area is 150 Å². The second-order valence-electron chi connectivity index (χ2n) is 6.22. The molecule has 0 spiro atoms. The summed E-state index contributed by atoms with van der Waals surface area (Å²) in [5, 5.41) is 10.8. The Kier molecular flexibility index (Phi) is 5.65. The standard InChI is InChI=1S/C18H21N3O5/c22-16(11-20-8-4-7-19-17(20)23)21-9-10-25-13-18(24,12-21)14-26-15-5-2-1-3-6-15/h1-8,24H,9-14H2/t18-/m1/s1. The van der Waals surface area contributed by atoms with Gasteiger partial charge in [0.05, 0.1) is 19.8 Å². The fraction of sp³-hybridized carbons (Fsp3) is 0.389. The molecule has 0 unspecified atom stereocenters. The van der Waals surface area contributed by atoms with Crippen molar-refractivity contribution in [2.24, 2.45) is 0 Å². The van der Waals surface area contributed by atoms with Crippen LogP contribution < -0.4 is 10.4 Å². The number of aromatic nitrogens is 2. The van der Waals surface area contributed by atoms with Crippen LogP contribution >= 0.6 is 0 Å². The summed E-state index contributed by atoms with van der Waals surface area (Å²) in [7, 11) is 0. The minimum Gasteiger partial charge on any atom is -0.490 e. The molecule has 0 saturated carbocycles. The van der Waals surface area contributed by atoms with Crippen molar-refractivity contribution in [3.05, 3.63) is 59.3 Å². The monoisotopic (exact) mass is 359 g/mol. The molecule has 1 atom stereocenters. The zero-order chi connectivity index (χ0) is 18.4. The lowest BCUT2D eigenvalue weighted by molar-refractivity contribution is -0.135. The van der Waals surface area contributed by atoms with E-state index in [1.807, 2.05) is 18.2 Å². The maximum Gasteiger partial charge on any atom is 0.347 e. The fourth-order valence-electron chi connectivity index (χ4n) is 2.70. The lowest BCUT2D eigenvalue weighted by atomic mass is 10.1. The zero-order valence-corrected chi connectivity index (χ0v) is 14.3. The quantitative estimate of drug-likeness (QED) is 0.802. The van der Waals surface area contributed by atoms with E-state index in [1.165, 1.54) is 21.9 Å². The van der Waals surface area contributed by atoms with E-state index >= 15 is 0 Å². The summed E-state index contributed by atoms with van der Waals surface area (Å²) in [6.07, 6.45) is 2.88. The molecule has 1 N–H and O–H groups in total. The van der Waals surface area contributed by atoms with E-state index in [4.69, 9.17) is 9.47 Å². The van der Waals surface area contributed by atoms with E-state index in [9.17, 15) is 14.7 Å². The number of rotatable bonds is 5. The number of ether oxygens (including phenoxy) is 2. The first-order chi connectivity index (χ1) is 12.6. The number of amides is 1. The molecule has 1 aromatic heterocycles. The van der Waals surface area contributed by atoms with E-state index in [2.05, 4.69) is 4.98 Å². The molecular formula is C18H21N3O5. The third-order valence-electron chi connectivity index (χ3n) is 4.05. The number of benzene rings is 1. The van der Waals surface area contributed by atoms with Crippen LogP contribution in [0.4, 0.5) is 0 Å². The van der Waals surface area contributed by atoms with Gasteiger partial charge >= 0.3 is 5.69 Å². The summed E-state index contributed by atoms with van der Waals surface area (Å²) in [4.78, 5) is 29.4. The first kappa shape index (κ1) is 18.1. The average molecular weight is 359 g/mol. The van der Waals surface area contributed by atoms with Crippen LogP contribution in [0.5, 0.6) is 5.75 Å². The van der Waals surface area contributed by atoms with Crippen LogP contribution in [0.25, 0.3) is 0 Å². The van der Waals surface area contributed by atoms with Crippen LogP contribution in [0, 0.1) is 0 Å². The third-order valence-corrected chi connectivity index (χ3v) is 4.05. The molecule has 1 saturated heterocycles. The molecular weight excluding hydrogens is 338 g/mol. The van der Waals surface area contributed by atoms with E-state index in [-0.39, 0.29) is 32.2 Å². The van der Waals surface area contributed by atoms with E-state index < -0.39 is 11.3 Å². The van der Waals surface area contributed by atoms with Crippen LogP contribution in [0.1, 0.15) is 0 Å². The summed E-state index contributed by atoms with van der Waals surface area (Å²) in [6, 6.07) is 10.7. The Hall–Kier alpha value is -2.71. The molecule has 138 valence electrons. The van der Waals surface area contributed by atoms with Crippen molar-refractivity contribution in [3.8, 4) is 5.75 Å². The number of hydrogen-bond donors (Lipinski definition) is 1. The Balaban J connectivity index is 1.65. The molecule has 1 aliphatic heterocycles. The van der Waals surface area contributed by atoms with Gasteiger partial charge in [-0.3, -0.25) is 9.36 Å². The number of aliphatic hydroxyl groups is 1. The smallest absolute Gasteiger partial charge is 0.347 e. The van der Waals surface area contributed by atoms with Gasteiger partial charge in [0.2, 0.25) is 5.91 Å². The number of para-hydroxylation sites is 1. The van der Waals surface area contributed by atoms with Gasteiger partial charge in [-0.05, 0) is 18.2 Å². The van der Waals surface area contributed by atoms with Crippen LogP contribution in [-0.4, -0.2) is 64.0 Å². The normalized spacial score (nSPS) is 20.4. The largest absolute Gasteiger partial charge is 0.490 e. The molecule has 2 aromatic rings. The van der Waals surface area contributed by atoms with Crippen LogP contribution in [0.2, 0.25) is 0 Å². The van der Waals surface area contributed by atoms with Gasteiger partial charge in [-0.2, -0.15) is 0 Å². The molecule has 1 amide bonds. The maximum atomic E-state index is 12.6. The molecule has 0 aliphatic carbocycles. The second kappa shape index (κ2) is 8.11. The third kappa shape index (κ3) is 4.68. The molecule has 1 fully saturated rings. The minimum absolute atomic E-state index is 0.00632. The molecule has 0 radical (unpaired) electrons. The number of β-amino-alcohol motifs (C(OH)–C–C–N with tert-alkyl or cyclic N) is 1. The molecule has 2 heterocycles. The van der Waals surface area contributed by atoms with Crippen molar-refractivity contribution >= 4 is 5.91 Å². The molecule has 8 nitrogen and oxygen atoms in total. The van der Waals surface area contributed by atoms with Crippen molar-refractivity contribution in [2.45, 2.75) is 12.1 Å². The SMILES string of the molecule is O=C(Cn1cccnc1=O)N1CCOC[C@@](O)(COc2ccccc2)C1. The summed E-state index contributed by atoms with van der Waals surface area (Å²) in [5.41, 5.74) is -1.82. The van der Waals surface area contributed by atoms with Gasteiger partial charge in [-0.25, -0.2) is 9.78 Å². The van der Waals surface area contributed by atoms with Gasteiger partial charge < -0.3 is 19.5 Å². The van der Waals surface area contributed by atoms with Gasteiger partial charge in [0.1, 0.15) is 24.5 Å². The van der Waals surface area contributed by atoms with Crippen LogP contribution in [0.3, 0.4) is 0 Å². The van der Waals surface area contributed by atoms with Gasteiger partial charge in [0.15, 0.2) is 0 Å². The Morgan fingerprint density at radius 3 is 2.88 bits per heavy atom. The number of carbonyl (C=O) groups is 1. The first-order valence-electron chi connectivity index (χ1n) is 8.33. The van der Waals surface area contributed by atoms with Gasteiger partial charge in [0, 0.05) is 18.9 Å². The average Bonchev–Trinajstić information content (AvgIpc) is 2.85. The predicted octanol–water partition coefficient (Wildman–Crippen LogP) is -0.0878. The summed E-state index contributed by atoms with van der Waals surface area (Å²) in [6.45, 7) is 0.628. The molecule has 8 heteroatoms. The molecule has 0 bridgehead atoms. The summed E-state index contributed by atoms with van der Waals surface area (Å²) < 4.78 is 12.3. The van der Waals surface area contributed by atoms with Gasteiger partial charge in [-0.15, -0.1) is 0 Å². The van der Waals surface area contributed by atoms with Crippen molar-refractivity contribution in [2.75, 3.05) is 32.9 Å². The molecule has 1 aromatic carbocycles. The Bertz CT molecular complexity index is 795. The van der Waals surface area contributed by atoms with E-state index in [1.54, 1.807) is 18.2 Å². The maximum absolute atomic E-state index is 12.6. The minimum atomic E-state index is -1.33. The Morgan fingerprint density at radius 1 is 1.31 bits per heavy atom. The Morgan fingerprint density at radius 2 is 2.12 bits per heavy atom. The van der Waals surface area contributed by atoms with Gasteiger partial charge in [0.25, 0.3) is 0 Å². The van der Waals surface area contributed by atoms with Crippen LogP contribution in [-0.2, 0) is 16.1 Å². The van der Waals surface area contributed by atoms with Crippen molar-refractivity contribution < 1.29 is 19.4 Å². The summed E-state index contributed by atoms with van der Waals surface area (Å²) in [5.74, 6) is 0.341. The highest BCUT2D eigenvalue weighted by molar-refractivity contribution is 5.76. The lowest BCUT2D eigenvalue weighted by Crippen LogP contribution is -2.51. The zero-order valence-electron chi connectivity index (χ0n) is 14.3. The van der Waals surface area contributed by atoms with E-state index in [0.717, 1.165) is 0 Å². The van der Waals surface area contributed by atoms with E-state index in [0.29, 0.717) is 18.9 Å². The molecule has 1 aliphatic rings. The topological polar surface area (TPSA) is 93.9 Å². The van der Waals surface area contributed by atoms with Crippen LogP contribution in [0.15, 0.2) is 53.6 Å². The highest BCUT2D eigenvalue weighted by atomic mass is 16.5. The highest BCUT2D eigenvalue weighted by Crippen LogP contribution is 2.16. The first-order valence-corrected chi connectivity index (χ1v) is 8.33. The fourth-order valence-corrected chi connectivity index (χ4v) is 2.70. The van der Waals surface area contributed by atoms with Crippen molar-refractivity contribution in [1.29, 1.82) is 0 Å². The second-order valence-corrected chi connectivity index (χ2v) is 6.22. The number of carbonyl (C=O) groups excluding carboxylic acids is 1. The lowest BCUT2D eigenvalue weighted by Gasteiger charge is -2.30. The number of nitrogens with zero attached hydrogens (tertiary/aromatic N) is 3. The highest BCUT2D eigenvalue weighted by Gasteiger charge is 2.35. The molecule has 3 rings (SSSR count). The van der Waals surface area contributed by atoms with Gasteiger partial charge in [-0.1, -0.05) is 18.2 Å². The number of hydrogen-bond acceptors (Lipinski definition) is 6. The molecule has 26 heavy (non-hydrogen) atoms.